The molecule has 1 fully saturated rings. The molecule has 9 heteroatoms. The van der Waals surface area contributed by atoms with E-state index in [0.717, 1.165) is 16.9 Å². The Morgan fingerprint density at radius 1 is 1.26 bits per heavy atom. The minimum Gasteiger partial charge on any atom is -0.382 e. The predicted molar refractivity (Wildman–Crippen MR) is 109 cm³/mol. The van der Waals surface area contributed by atoms with E-state index in [-0.39, 0.29) is 16.8 Å². The minimum absolute atomic E-state index is 0. The molecule has 1 amide bonds. The number of aromatic amines is 1. The Morgan fingerprint density at radius 3 is 2.78 bits per heavy atom. The topological polar surface area (TPSA) is 113 Å². The molecular formula is C18H27N7O2. The summed E-state index contributed by atoms with van der Waals surface area (Å²) in [6, 6.07) is 7.76. The Kier molecular flexibility index (Phi) is 4.59. The number of nitrogens with two attached hydrogens (primary N) is 1. The van der Waals surface area contributed by atoms with Gasteiger partial charge in [-0.05, 0) is 12.1 Å². The van der Waals surface area contributed by atoms with Gasteiger partial charge in [0, 0.05) is 37.6 Å². The second-order valence-electron chi connectivity index (χ2n) is 6.37. The summed E-state index contributed by atoms with van der Waals surface area (Å²) in [4.78, 5) is 32.6. The number of amides is 1. The van der Waals surface area contributed by atoms with E-state index >= 15 is 0 Å². The SMILES string of the molecule is COCC(=O)N1CCN(c2cnc(N)c(-c3nc4ccccc4[nH]3)n2)CC1.[HH].[HH].[HH]. The Hall–Kier alpha value is -3.20. The molecule has 146 valence electrons. The fraction of sp³-hybridized carbons (Fsp3) is 0.333. The fourth-order valence-corrected chi connectivity index (χ4v) is 3.18. The van der Waals surface area contributed by atoms with Crippen molar-refractivity contribution in [3.63, 3.8) is 0 Å². The molecule has 9 nitrogen and oxygen atoms in total. The van der Waals surface area contributed by atoms with Gasteiger partial charge in [-0.25, -0.2) is 15.0 Å². The van der Waals surface area contributed by atoms with Crippen LogP contribution < -0.4 is 10.6 Å². The van der Waals surface area contributed by atoms with E-state index in [1.165, 1.54) is 7.11 Å². The highest BCUT2D eigenvalue weighted by Gasteiger charge is 2.23. The number of H-pyrrole nitrogens is 1. The first-order valence-electron chi connectivity index (χ1n) is 8.75. The summed E-state index contributed by atoms with van der Waals surface area (Å²) in [7, 11) is 1.53. The summed E-state index contributed by atoms with van der Waals surface area (Å²) >= 11 is 0. The summed E-state index contributed by atoms with van der Waals surface area (Å²) in [6.45, 7) is 2.70. The van der Waals surface area contributed by atoms with Gasteiger partial charge in [-0.2, -0.15) is 0 Å². The first kappa shape index (κ1) is 17.2. The number of rotatable bonds is 4. The number of carbonyl (C=O) groups excluding carboxylic acids is 1. The number of piperazine rings is 1. The standard InChI is InChI=1S/C18H21N7O2.3H2/c1-27-11-15(26)25-8-6-24(7-9-25)14-10-20-17(19)16(23-14)18-21-12-4-2-3-5-13(12)22-18;;;/h2-5,10H,6-9,11H2,1H3,(H2,19,20)(H,21,22);3*1H. The molecule has 27 heavy (non-hydrogen) atoms. The van der Waals surface area contributed by atoms with Crippen LogP contribution >= 0.6 is 0 Å². The number of ether oxygens (including phenoxy) is 1. The van der Waals surface area contributed by atoms with E-state index < -0.39 is 0 Å². The number of nitrogens with zero attached hydrogens (tertiary/aromatic N) is 5. The number of nitrogens with one attached hydrogen (secondary N) is 1. The van der Waals surface area contributed by atoms with E-state index in [9.17, 15) is 4.79 Å². The second kappa shape index (κ2) is 7.20. The Morgan fingerprint density at radius 2 is 2.04 bits per heavy atom. The molecule has 2 aromatic heterocycles. The van der Waals surface area contributed by atoms with Crippen molar-refractivity contribution in [2.24, 2.45) is 0 Å². The van der Waals surface area contributed by atoms with E-state index in [1.807, 2.05) is 24.3 Å². The summed E-state index contributed by atoms with van der Waals surface area (Å²) in [6.07, 6.45) is 1.66. The first-order chi connectivity index (χ1) is 13.2. The van der Waals surface area contributed by atoms with Crippen molar-refractivity contribution < 1.29 is 13.8 Å². The van der Waals surface area contributed by atoms with Crippen molar-refractivity contribution in [1.29, 1.82) is 0 Å². The molecule has 0 radical (unpaired) electrons. The van der Waals surface area contributed by atoms with Crippen molar-refractivity contribution >= 4 is 28.6 Å². The van der Waals surface area contributed by atoms with Crippen LogP contribution in [0.15, 0.2) is 30.5 Å². The molecule has 3 N–H and O–H groups in total. The summed E-state index contributed by atoms with van der Waals surface area (Å²) in [5, 5.41) is 0. The zero-order valence-corrected chi connectivity index (χ0v) is 15.1. The molecule has 1 saturated heterocycles. The normalized spacial score (nSPS) is 14.7. The molecule has 0 atom stereocenters. The molecule has 0 spiro atoms. The highest BCUT2D eigenvalue weighted by molar-refractivity contribution is 5.80. The lowest BCUT2D eigenvalue weighted by atomic mass is 10.3. The molecule has 3 aromatic rings. The number of aromatic nitrogens is 4. The number of para-hydroxylation sites is 2. The van der Waals surface area contributed by atoms with Crippen LogP contribution in [0.25, 0.3) is 22.6 Å². The van der Waals surface area contributed by atoms with E-state index in [1.54, 1.807) is 11.1 Å². The maximum atomic E-state index is 11.9. The lowest BCUT2D eigenvalue weighted by molar-refractivity contribution is -0.135. The quantitative estimate of drug-likeness (QED) is 0.714. The van der Waals surface area contributed by atoms with Crippen molar-refractivity contribution in [2.45, 2.75) is 0 Å². The van der Waals surface area contributed by atoms with Crippen LogP contribution in [-0.2, 0) is 9.53 Å². The molecule has 4 rings (SSSR count). The molecule has 0 bridgehead atoms. The van der Waals surface area contributed by atoms with Crippen molar-refractivity contribution in [3.8, 4) is 11.5 Å². The van der Waals surface area contributed by atoms with Gasteiger partial charge in [0.25, 0.3) is 0 Å². The predicted octanol–water partition coefficient (Wildman–Crippen LogP) is 1.64. The van der Waals surface area contributed by atoms with Crippen molar-refractivity contribution in [1.82, 2.24) is 24.8 Å². The zero-order chi connectivity index (χ0) is 18.8. The van der Waals surface area contributed by atoms with Gasteiger partial charge in [-0.3, -0.25) is 4.79 Å². The van der Waals surface area contributed by atoms with Gasteiger partial charge in [0.15, 0.2) is 17.3 Å². The largest absolute Gasteiger partial charge is 0.382 e. The van der Waals surface area contributed by atoms with Gasteiger partial charge in [-0.15, -0.1) is 0 Å². The van der Waals surface area contributed by atoms with Crippen LogP contribution in [0.4, 0.5) is 11.6 Å². The Bertz CT molecular complexity index is 944. The van der Waals surface area contributed by atoms with E-state index in [0.29, 0.717) is 43.5 Å². The van der Waals surface area contributed by atoms with Crippen molar-refractivity contribution in [3.05, 3.63) is 30.5 Å². The number of imidazole rings is 1. The van der Waals surface area contributed by atoms with Gasteiger partial charge >= 0.3 is 0 Å². The van der Waals surface area contributed by atoms with Crippen LogP contribution in [0, 0.1) is 0 Å². The smallest absolute Gasteiger partial charge is 0.248 e. The highest BCUT2D eigenvalue weighted by Crippen LogP contribution is 2.25. The van der Waals surface area contributed by atoms with Crippen molar-refractivity contribution in [2.75, 3.05) is 50.5 Å². The van der Waals surface area contributed by atoms with Gasteiger partial charge in [0.05, 0.1) is 17.2 Å². The lowest BCUT2D eigenvalue weighted by Crippen LogP contribution is -2.50. The molecular weight excluding hydrogens is 346 g/mol. The van der Waals surface area contributed by atoms with Crippen LogP contribution in [0.5, 0.6) is 0 Å². The number of hydrogen-bond acceptors (Lipinski definition) is 7. The average molecular weight is 373 g/mol. The molecule has 0 unspecified atom stereocenters. The number of methoxy groups -OCH3 is 1. The average Bonchev–Trinajstić information content (AvgIpc) is 3.12. The minimum atomic E-state index is 0. The van der Waals surface area contributed by atoms with Crippen LogP contribution in [-0.4, -0.2) is 70.6 Å². The van der Waals surface area contributed by atoms with Gasteiger partial charge < -0.3 is 25.3 Å². The van der Waals surface area contributed by atoms with Crippen LogP contribution in [0.2, 0.25) is 0 Å². The monoisotopic (exact) mass is 373 g/mol. The third-order valence-electron chi connectivity index (χ3n) is 4.63. The Labute approximate surface area is 160 Å². The van der Waals surface area contributed by atoms with E-state index in [4.69, 9.17) is 10.5 Å². The van der Waals surface area contributed by atoms with E-state index in [2.05, 4.69) is 24.8 Å². The lowest BCUT2D eigenvalue weighted by Gasteiger charge is -2.35. The molecule has 0 aliphatic carbocycles. The molecule has 0 saturated carbocycles. The first-order valence-corrected chi connectivity index (χ1v) is 8.75. The maximum absolute atomic E-state index is 11.9. The fourth-order valence-electron chi connectivity index (χ4n) is 3.18. The summed E-state index contributed by atoms with van der Waals surface area (Å²) < 4.78 is 4.92. The maximum Gasteiger partial charge on any atom is 0.248 e. The molecule has 3 heterocycles. The van der Waals surface area contributed by atoms with Gasteiger partial charge in [0.1, 0.15) is 12.4 Å². The molecule has 1 aromatic carbocycles. The summed E-state index contributed by atoms with van der Waals surface area (Å²) in [5.74, 6) is 1.64. The second-order valence-corrected chi connectivity index (χ2v) is 6.37. The number of hydrogen-bond donors (Lipinski definition) is 2. The molecule has 1 aliphatic heterocycles. The van der Waals surface area contributed by atoms with Gasteiger partial charge in [0.2, 0.25) is 5.91 Å². The Balaban J connectivity index is 0.00000150. The van der Waals surface area contributed by atoms with Gasteiger partial charge in [-0.1, -0.05) is 12.1 Å². The third kappa shape index (κ3) is 3.41. The highest BCUT2D eigenvalue weighted by atomic mass is 16.5. The van der Waals surface area contributed by atoms with Crippen LogP contribution in [0.1, 0.15) is 4.28 Å². The number of nitrogen functional groups attached to an aromatic ring is 1. The molecule has 1 aliphatic rings. The number of benzene rings is 1. The number of fused-ring (bicyclic) bond motifs is 1. The number of carbonyl (C=O) groups is 1. The number of anilines is 2. The summed E-state index contributed by atoms with van der Waals surface area (Å²) in [5.41, 5.74) is 8.35. The van der Waals surface area contributed by atoms with Crippen LogP contribution in [0.3, 0.4) is 0 Å². The third-order valence-corrected chi connectivity index (χ3v) is 4.63. The zero-order valence-electron chi connectivity index (χ0n) is 15.1.